The van der Waals surface area contributed by atoms with Crippen molar-refractivity contribution in [2.75, 3.05) is 26.7 Å². The lowest BCUT2D eigenvalue weighted by atomic mass is 10.1. The fourth-order valence-electron chi connectivity index (χ4n) is 2.06. The Labute approximate surface area is 124 Å². The van der Waals surface area contributed by atoms with Gasteiger partial charge in [-0.15, -0.1) is 0 Å². The van der Waals surface area contributed by atoms with Gasteiger partial charge in [0.05, 0.1) is 6.61 Å². The first-order valence-electron chi connectivity index (χ1n) is 6.85. The highest BCUT2D eigenvalue weighted by atomic mass is 16.3. The van der Waals surface area contributed by atoms with Gasteiger partial charge in [-0.1, -0.05) is 24.0 Å². The molecule has 21 heavy (non-hydrogen) atoms. The Morgan fingerprint density at radius 2 is 1.86 bits per heavy atom. The third-order valence-corrected chi connectivity index (χ3v) is 3.32. The van der Waals surface area contributed by atoms with E-state index < -0.39 is 11.8 Å². The molecule has 2 rings (SSSR count). The summed E-state index contributed by atoms with van der Waals surface area (Å²) >= 11 is 0. The summed E-state index contributed by atoms with van der Waals surface area (Å²) in [5.41, 5.74) is 1.83. The number of hydrogen-bond donors (Lipinski definition) is 1. The van der Waals surface area contributed by atoms with E-state index in [0.29, 0.717) is 26.1 Å². The molecule has 0 atom stereocenters. The maximum Gasteiger partial charge on any atom is 0.312 e. The second-order valence-electron chi connectivity index (χ2n) is 4.93. The zero-order valence-corrected chi connectivity index (χ0v) is 12.0. The number of amides is 2. The quantitative estimate of drug-likeness (QED) is 0.639. The van der Waals surface area contributed by atoms with E-state index in [1.165, 1.54) is 4.90 Å². The van der Waals surface area contributed by atoms with E-state index in [1.807, 2.05) is 24.3 Å². The molecule has 1 aliphatic heterocycles. The minimum Gasteiger partial charge on any atom is -0.395 e. The van der Waals surface area contributed by atoms with Gasteiger partial charge >= 0.3 is 11.8 Å². The number of rotatable bonds is 3. The highest BCUT2D eigenvalue weighted by Gasteiger charge is 2.29. The van der Waals surface area contributed by atoms with Gasteiger partial charge < -0.3 is 14.9 Å². The first-order chi connectivity index (χ1) is 10.1. The number of carbonyl (C=O) groups excluding carboxylic acids is 2. The zero-order chi connectivity index (χ0) is 15.2. The van der Waals surface area contributed by atoms with Crippen LogP contribution in [0, 0.1) is 11.8 Å². The minimum absolute atomic E-state index is 0.0601. The van der Waals surface area contributed by atoms with Crippen molar-refractivity contribution in [2.24, 2.45) is 0 Å². The van der Waals surface area contributed by atoms with Gasteiger partial charge in [0.2, 0.25) is 0 Å². The number of aliphatic hydroxyl groups excluding tert-OH is 1. The topological polar surface area (TPSA) is 60.9 Å². The Morgan fingerprint density at radius 3 is 2.52 bits per heavy atom. The number of carbonyl (C=O) groups is 2. The molecule has 5 nitrogen and oxygen atoms in total. The summed E-state index contributed by atoms with van der Waals surface area (Å²) in [5.74, 6) is 4.90. The summed E-state index contributed by atoms with van der Waals surface area (Å²) in [6, 6.07) is 7.56. The first-order valence-corrected chi connectivity index (χ1v) is 6.85. The summed E-state index contributed by atoms with van der Waals surface area (Å²) in [5, 5.41) is 8.66. The van der Waals surface area contributed by atoms with Crippen LogP contribution in [0.5, 0.6) is 0 Å². The molecule has 110 valence electrons. The predicted molar refractivity (Wildman–Crippen MR) is 78.1 cm³/mol. The van der Waals surface area contributed by atoms with Crippen molar-refractivity contribution in [1.82, 2.24) is 9.80 Å². The van der Waals surface area contributed by atoms with E-state index in [9.17, 15) is 9.59 Å². The smallest absolute Gasteiger partial charge is 0.312 e. The molecule has 1 heterocycles. The summed E-state index contributed by atoms with van der Waals surface area (Å²) in [4.78, 5) is 26.5. The van der Waals surface area contributed by atoms with Crippen LogP contribution in [-0.2, 0) is 16.1 Å². The van der Waals surface area contributed by atoms with Crippen LogP contribution in [0.25, 0.3) is 0 Å². The highest BCUT2D eigenvalue weighted by molar-refractivity contribution is 6.35. The molecule has 1 saturated heterocycles. The molecule has 0 radical (unpaired) electrons. The van der Waals surface area contributed by atoms with Crippen LogP contribution < -0.4 is 0 Å². The van der Waals surface area contributed by atoms with Crippen LogP contribution in [0.2, 0.25) is 0 Å². The molecule has 0 unspecified atom stereocenters. The molecule has 2 amide bonds. The van der Waals surface area contributed by atoms with Crippen LogP contribution in [0.4, 0.5) is 0 Å². The molecule has 1 aliphatic rings. The van der Waals surface area contributed by atoms with E-state index in [4.69, 9.17) is 5.11 Å². The van der Waals surface area contributed by atoms with Gasteiger partial charge in [-0.05, 0) is 17.7 Å². The van der Waals surface area contributed by atoms with E-state index >= 15 is 0 Å². The molecular formula is C16H18N2O3. The van der Waals surface area contributed by atoms with Crippen molar-refractivity contribution in [3.63, 3.8) is 0 Å². The van der Waals surface area contributed by atoms with E-state index in [-0.39, 0.29) is 6.61 Å². The third kappa shape index (κ3) is 3.83. The number of hydrogen-bond acceptors (Lipinski definition) is 3. The second kappa shape index (κ2) is 6.91. The molecule has 0 saturated carbocycles. The van der Waals surface area contributed by atoms with Crippen molar-refractivity contribution < 1.29 is 14.7 Å². The lowest BCUT2D eigenvalue weighted by Gasteiger charge is -2.31. The van der Waals surface area contributed by atoms with Crippen molar-refractivity contribution in [3.8, 4) is 11.8 Å². The molecule has 0 aromatic heterocycles. The fourth-order valence-corrected chi connectivity index (χ4v) is 2.06. The largest absolute Gasteiger partial charge is 0.395 e. The summed E-state index contributed by atoms with van der Waals surface area (Å²) in [6.45, 7) is 1.61. The van der Waals surface area contributed by atoms with E-state index in [2.05, 4.69) is 11.8 Å². The number of benzene rings is 1. The molecule has 1 aromatic rings. The lowest BCUT2D eigenvalue weighted by molar-refractivity contribution is -0.155. The van der Waals surface area contributed by atoms with Gasteiger partial charge in [-0.25, -0.2) is 0 Å². The van der Waals surface area contributed by atoms with Crippen LogP contribution >= 0.6 is 0 Å². The fraction of sp³-hybridized carbons (Fsp3) is 0.375. The molecule has 1 fully saturated rings. The van der Waals surface area contributed by atoms with Gasteiger partial charge in [0.15, 0.2) is 0 Å². The molecule has 1 N–H and O–H groups in total. The van der Waals surface area contributed by atoms with Crippen molar-refractivity contribution in [2.45, 2.75) is 13.0 Å². The lowest BCUT2D eigenvalue weighted by Crippen LogP contribution is -2.52. The maximum atomic E-state index is 11.9. The summed E-state index contributed by atoms with van der Waals surface area (Å²) in [7, 11) is 1.64. The standard InChI is InChI=1S/C16H18N2O3/c1-17-9-10-18(16(21)15(17)20)12-14-7-5-13(6-8-14)4-2-3-11-19/h5-8,19H,3,9-12H2,1H3. The number of likely N-dealkylation sites (N-methyl/N-ethyl adjacent to an activating group) is 1. The van der Waals surface area contributed by atoms with Gasteiger partial charge in [-0.3, -0.25) is 9.59 Å². The number of piperazine rings is 1. The van der Waals surface area contributed by atoms with Crippen LogP contribution in [0.1, 0.15) is 17.5 Å². The molecule has 0 aliphatic carbocycles. The van der Waals surface area contributed by atoms with Crippen molar-refractivity contribution in [3.05, 3.63) is 35.4 Å². The Morgan fingerprint density at radius 1 is 1.14 bits per heavy atom. The predicted octanol–water partition coefficient (Wildman–Crippen LogP) is 0.221. The van der Waals surface area contributed by atoms with Crippen molar-refractivity contribution in [1.29, 1.82) is 0 Å². The minimum atomic E-state index is -0.451. The monoisotopic (exact) mass is 286 g/mol. The van der Waals surface area contributed by atoms with Crippen LogP contribution in [0.15, 0.2) is 24.3 Å². The Hall–Kier alpha value is -2.32. The Bertz CT molecular complexity index is 584. The van der Waals surface area contributed by atoms with E-state index in [1.54, 1.807) is 11.9 Å². The molecule has 0 bridgehead atoms. The molecule has 5 heteroatoms. The van der Waals surface area contributed by atoms with Gasteiger partial charge in [0.25, 0.3) is 0 Å². The van der Waals surface area contributed by atoms with Crippen LogP contribution in [-0.4, -0.2) is 53.5 Å². The second-order valence-corrected chi connectivity index (χ2v) is 4.93. The van der Waals surface area contributed by atoms with Gasteiger partial charge in [0, 0.05) is 38.7 Å². The number of aliphatic hydroxyl groups is 1. The average Bonchev–Trinajstić information content (AvgIpc) is 2.50. The zero-order valence-electron chi connectivity index (χ0n) is 12.0. The third-order valence-electron chi connectivity index (χ3n) is 3.32. The van der Waals surface area contributed by atoms with Crippen LogP contribution in [0.3, 0.4) is 0 Å². The molecule has 0 spiro atoms. The highest BCUT2D eigenvalue weighted by Crippen LogP contribution is 2.10. The number of nitrogens with zero attached hydrogens (tertiary/aromatic N) is 2. The summed E-state index contributed by atoms with van der Waals surface area (Å²) in [6.07, 6.45) is 0.458. The Kier molecular flexibility index (Phi) is 4.96. The SMILES string of the molecule is CN1CCN(Cc2ccc(C#CCCO)cc2)C(=O)C1=O. The average molecular weight is 286 g/mol. The Balaban J connectivity index is 1.99. The van der Waals surface area contributed by atoms with Gasteiger partial charge in [-0.2, -0.15) is 0 Å². The first kappa shape index (κ1) is 15.1. The summed E-state index contributed by atoms with van der Waals surface area (Å²) < 4.78 is 0. The maximum absolute atomic E-state index is 11.9. The normalized spacial score (nSPS) is 15.0. The molecule has 1 aromatic carbocycles. The van der Waals surface area contributed by atoms with E-state index in [0.717, 1.165) is 11.1 Å². The van der Waals surface area contributed by atoms with Gasteiger partial charge in [0.1, 0.15) is 0 Å². The van der Waals surface area contributed by atoms with Crippen molar-refractivity contribution >= 4 is 11.8 Å². The molecular weight excluding hydrogens is 268 g/mol.